The molecule has 0 spiro atoms. The van der Waals surface area contributed by atoms with Gasteiger partial charge in [0, 0.05) is 46.5 Å². The number of aromatic nitrogens is 2. The van der Waals surface area contributed by atoms with E-state index in [1.807, 2.05) is 31.3 Å². The standard InChI is InChI=1S/C17H23N5OS/c1-20(2)17-18-5-3-16(19-17)22-6-7-23-15-11-21(10-14(15)22)9-13-4-8-24-12-13/h3-5,8,12,14-15H,6-7,9-11H2,1-2H3/t14-,15+/m1/s1. The van der Waals surface area contributed by atoms with E-state index < -0.39 is 0 Å². The molecule has 2 saturated heterocycles. The number of anilines is 2. The minimum Gasteiger partial charge on any atom is -0.373 e. The summed E-state index contributed by atoms with van der Waals surface area (Å²) in [4.78, 5) is 15.9. The van der Waals surface area contributed by atoms with E-state index in [9.17, 15) is 0 Å². The molecule has 6 nitrogen and oxygen atoms in total. The lowest BCUT2D eigenvalue weighted by molar-refractivity contribution is 0.0303. The first-order chi connectivity index (χ1) is 11.7. The Balaban J connectivity index is 1.51. The third-order valence-corrected chi connectivity index (χ3v) is 5.42. The van der Waals surface area contributed by atoms with Gasteiger partial charge in [-0.1, -0.05) is 0 Å². The second-order valence-electron chi connectivity index (χ2n) is 6.60. The molecule has 4 rings (SSSR count). The molecule has 0 bridgehead atoms. The zero-order valence-electron chi connectivity index (χ0n) is 14.1. The molecule has 24 heavy (non-hydrogen) atoms. The van der Waals surface area contributed by atoms with Crippen molar-refractivity contribution < 1.29 is 4.74 Å². The normalized spacial score (nSPS) is 24.2. The number of likely N-dealkylation sites (tertiary alicyclic amines) is 1. The van der Waals surface area contributed by atoms with E-state index in [-0.39, 0.29) is 6.10 Å². The van der Waals surface area contributed by atoms with Crippen molar-refractivity contribution >= 4 is 23.1 Å². The highest BCUT2D eigenvalue weighted by Gasteiger charge is 2.40. The van der Waals surface area contributed by atoms with Gasteiger partial charge in [0.2, 0.25) is 5.95 Å². The van der Waals surface area contributed by atoms with Gasteiger partial charge >= 0.3 is 0 Å². The topological polar surface area (TPSA) is 44.7 Å². The zero-order chi connectivity index (χ0) is 16.5. The summed E-state index contributed by atoms with van der Waals surface area (Å²) in [6, 6.07) is 4.58. The lowest BCUT2D eigenvalue weighted by Gasteiger charge is -2.37. The molecule has 2 atom stereocenters. The number of hydrogen-bond donors (Lipinski definition) is 0. The van der Waals surface area contributed by atoms with Gasteiger partial charge in [0.15, 0.2) is 0 Å². The molecule has 0 N–H and O–H groups in total. The number of hydrogen-bond acceptors (Lipinski definition) is 7. The predicted molar refractivity (Wildman–Crippen MR) is 96.8 cm³/mol. The molecule has 7 heteroatoms. The number of fused-ring (bicyclic) bond motifs is 1. The first-order valence-electron chi connectivity index (χ1n) is 8.33. The minimum absolute atomic E-state index is 0.259. The molecule has 2 aromatic rings. The fourth-order valence-electron chi connectivity index (χ4n) is 3.53. The number of nitrogens with zero attached hydrogens (tertiary/aromatic N) is 5. The van der Waals surface area contributed by atoms with Crippen LogP contribution in [0, 0.1) is 0 Å². The lowest BCUT2D eigenvalue weighted by Crippen LogP contribution is -2.51. The maximum atomic E-state index is 6.05. The van der Waals surface area contributed by atoms with Gasteiger partial charge in [0.05, 0.1) is 18.8 Å². The summed E-state index contributed by atoms with van der Waals surface area (Å²) in [5.74, 6) is 1.76. The van der Waals surface area contributed by atoms with E-state index >= 15 is 0 Å². The summed E-state index contributed by atoms with van der Waals surface area (Å²) in [7, 11) is 3.94. The van der Waals surface area contributed by atoms with Crippen LogP contribution in [0.25, 0.3) is 0 Å². The van der Waals surface area contributed by atoms with Crippen LogP contribution >= 0.6 is 11.3 Å². The van der Waals surface area contributed by atoms with Crippen LogP contribution in [-0.4, -0.2) is 67.4 Å². The smallest absolute Gasteiger partial charge is 0.226 e. The van der Waals surface area contributed by atoms with Crippen LogP contribution in [0.1, 0.15) is 5.56 Å². The zero-order valence-corrected chi connectivity index (χ0v) is 14.9. The molecule has 4 heterocycles. The van der Waals surface area contributed by atoms with Crippen molar-refractivity contribution in [1.82, 2.24) is 14.9 Å². The molecule has 0 radical (unpaired) electrons. The number of rotatable bonds is 4. The molecule has 2 fully saturated rings. The van der Waals surface area contributed by atoms with Gasteiger partial charge in [-0.05, 0) is 28.5 Å². The van der Waals surface area contributed by atoms with Crippen molar-refractivity contribution in [2.75, 3.05) is 50.1 Å². The highest BCUT2D eigenvalue weighted by Crippen LogP contribution is 2.28. The first kappa shape index (κ1) is 15.8. The van der Waals surface area contributed by atoms with Gasteiger partial charge in [-0.25, -0.2) is 4.98 Å². The van der Waals surface area contributed by atoms with E-state index in [2.05, 4.69) is 31.6 Å². The van der Waals surface area contributed by atoms with Crippen LogP contribution in [0.4, 0.5) is 11.8 Å². The average Bonchev–Trinajstić information content (AvgIpc) is 3.23. The van der Waals surface area contributed by atoms with Crippen molar-refractivity contribution in [3.8, 4) is 0 Å². The summed E-state index contributed by atoms with van der Waals surface area (Å²) in [5, 5.41) is 4.37. The molecule has 128 valence electrons. The van der Waals surface area contributed by atoms with Crippen molar-refractivity contribution in [3.05, 3.63) is 34.7 Å². The highest BCUT2D eigenvalue weighted by atomic mass is 32.1. The predicted octanol–water partition coefficient (Wildman–Crippen LogP) is 1.69. The molecule has 0 aromatic carbocycles. The Morgan fingerprint density at radius 1 is 1.33 bits per heavy atom. The van der Waals surface area contributed by atoms with Gasteiger partial charge in [-0.15, -0.1) is 0 Å². The molecule has 2 aliphatic heterocycles. The summed E-state index contributed by atoms with van der Waals surface area (Å²) in [5.41, 5.74) is 1.39. The SMILES string of the molecule is CN(C)c1nccc(N2CCO[C@H]3CN(Cc4ccsc4)C[C@H]32)n1. The molecule has 0 amide bonds. The Hall–Kier alpha value is -1.70. The number of thiophene rings is 1. The van der Waals surface area contributed by atoms with Gasteiger partial charge < -0.3 is 14.5 Å². The Morgan fingerprint density at radius 2 is 2.25 bits per heavy atom. The second kappa shape index (κ2) is 6.66. The van der Waals surface area contributed by atoms with Crippen LogP contribution in [-0.2, 0) is 11.3 Å². The van der Waals surface area contributed by atoms with Gasteiger partial charge in [-0.2, -0.15) is 16.3 Å². The van der Waals surface area contributed by atoms with Crippen LogP contribution in [0.3, 0.4) is 0 Å². The van der Waals surface area contributed by atoms with Gasteiger partial charge in [0.25, 0.3) is 0 Å². The summed E-state index contributed by atoms with van der Waals surface area (Å²) in [6.07, 6.45) is 2.11. The Bertz CT molecular complexity index is 677. The quantitative estimate of drug-likeness (QED) is 0.840. The maximum absolute atomic E-state index is 6.05. The molecule has 0 saturated carbocycles. The van der Waals surface area contributed by atoms with Gasteiger partial charge in [-0.3, -0.25) is 4.90 Å². The van der Waals surface area contributed by atoms with E-state index in [4.69, 9.17) is 9.72 Å². The largest absolute Gasteiger partial charge is 0.373 e. The molecule has 2 aliphatic rings. The molecule has 2 aromatic heterocycles. The Labute approximate surface area is 146 Å². The maximum Gasteiger partial charge on any atom is 0.226 e. The van der Waals surface area contributed by atoms with Crippen LogP contribution < -0.4 is 9.80 Å². The second-order valence-corrected chi connectivity index (χ2v) is 7.38. The van der Waals surface area contributed by atoms with Crippen LogP contribution in [0.5, 0.6) is 0 Å². The average molecular weight is 345 g/mol. The van der Waals surface area contributed by atoms with Crippen LogP contribution in [0.15, 0.2) is 29.1 Å². The summed E-state index contributed by atoms with van der Waals surface area (Å²) >= 11 is 1.76. The molecule has 0 aliphatic carbocycles. The lowest BCUT2D eigenvalue weighted by atomic mass is 10.1. The minimum atomic E-state index is 0.259. The van der Waals surface area contributed by atoms with E-state index in [1.165, 1.54) is 5.56 Å². The summed E-state index contributed by atoms with van der Waals surface area (Å²) < 4.78 is 6.05. The van der Waals surface area contributed by atoms with Gasteiger partial charge in [0.1, 0.15) is 5.82 Å². The number of morpholine rings is 1. The van der Waals surface area contributed by atoms with E-state index in [0.717, 1.165) is 44.6 Å². The van der Waals surface area contributed by atoms with Crippen molar-refractivity contribution in [3.63, 3.8) is 0 Å². The highest BCUT2D eigenvalue weighted by molar-refractivity contribution is 7.07. The first-order valence-corrected chi connectivity index (χ1v) is 9.27. The van der Waals surface area contributed by atoms with Crippen molar-refractivity contribution in [1.29, 1.82) is 0 Å². The van der Waals surface area contributed by atoms with E-state index in [0.29, 0.717) is 6.04 Å². The van der Waals surface area contributed by atoms with E-state index in [1.54, 1.807) is 11.3 Å². The fourth-order valence-corrected chi connectivity index (χ4v) is 4.19. The monoisotopic (exact) mass is 345 g/mol. The Morgan fingerprint density at radius 3 is 3.04 bits per heavy atom. The molecular weight excluding hydrogens is 322 g/mol. The third kappa shape index (κ3) is 3.11. The number of ether oxygens (including phenoxy) is 1. The molecular formula is C17H23N5OS. The summed E-state index contributed by atoms with van der Waals surface area (Å²) in [6.45, 7) is 4.65. The third-order valence-electron chi connectivity index (χ3n) is 4.69. The van der Waals surface area contributed by atoms with Crippen LogP contribution in [0.2, 0.25) is 0 Å². The van der Waals surface area contributed by atoms with Crippen molar-refractivity contribution in [2.24, 2.45) is 0 Å². The fraction of sp³-hybridized carbons (Fsp3) is 0.529. The van der Waals surface area contributed by atoms with Crippen molar-refractivity contribution in [2.45, 2.75) is 18.7 Å². The molecule has 0 unspecified atom stereocenters. The Kier molecular flexibility index (Phi) is 4.39.